The number of aromatic carboxylic acids is 1. The molecule has 2 N–H and O–H groups in total. The zero-order valence-electron chi connectivity index (χ0n) is 17.0. The maximum atomic E-state index is 13.4. The van der Waals surface area contributed by atoms with Gasteiger partial charge in [0, 0.05) is 22.8 Å². The third-order valence-electron chi connectivity index (χ3n) is 5.13. The Labute approximate surface area is 187 Å². The molecule has 3 aromatic rings. The monoisotopic (exact) mass is 451 g/mol. The molecule has 0 saturated carbocycles. The number of methoxy groups -OCH3 is 1. The lowest BCUT2D eigenvalue weighted by Gasteiger charge is -2.24. The van der Waals surface area contributed by atoms with E-state index in [4.69, 9.17) is 15.9 Å². The van der Waals surface area contributed by atoms with Crippen molar-refractivity contribution >= 4 is 28.9 Å². The van der Waals surface area contributed by atoms with Crippen LogP contribution in [0.3, 0.4) is 0 Å². The number of carbonyl (C=O) groups excluding carboxylic acids is 1. The van der Waals surface area contributed by atoms with Crippen molar-refractivity contribution in [3.63, 3.8) is 0 Å². The molecule has 0 aliphatic carbocycles. The first-order valence-corrected chi connectivity index (χ1v) is 10.4. The van der Waals surface area contributed by atoms with Crippen LogP contribution in [-0.2, 0) is 4.79 Å². The summed E-state index contributed by atoms with van der Waals surface area (Å²) in [5.41, 5.74) is 2.07. The van der Waals surface area contributed by atoms with Gasteiger partial charge in [0.2, 0.25) is 5.91 Å². The molecule has 162 valence electrons. The lowest BCUT2D eigenvalue weighted by molar-refractivity contribution is -0.116. The van der Waals surface area contributed by atoms with Crippen molar-refractivity contribution in [1.82, 2.24) is 0 Å². The van der Waals surface area contributed by atoms with Gasteiger partial charge in [-0.2, -0.15) is 0 Å². The minimum atomic E-state index is -1.12. The van der Waals surface area contributed by atoms with E-state index in [0.29, 0.717) is 33.2 Å². The second-order valence-electron chi connectivity index (χ2n) is 7.07. The SMILES string of the molecule is C#CCOc1cc([C@@H]2CC(=O)Nc3c2sc(C(=O)O)c3-c2ccc(F)cc2)ccc1OC. The number of terminal acetylenes is 1. The Balaban J connectivity index is 1.86. The molecule has 2 heterocycles. The van der Waals surface area contributed by atoms with Crippen LogP contribution in [0.4, 0.5) is 10.1 Å². The smallest absolute Gasteiger partial charge is 0.346 e. The quantitative estimate of drug-likeness (QED) is 0.529. The Bertz CT molecular complexity index is 1240. The number of nitrogens with one attached hydrogen (secondary N) is 1. The predicted octanol–water partition coefficient (Wildman–Crippen LogP) is 4.75. The fraction of sp³-hybridized carbons (Fsp3) is 0.167. The highest BCUT2D eigenvalue weighted by Crippen LogP contribution is 2.50. The summed E-state index contributed by atoms with van der Waals surface area (Å²) in [6, 6.07) is 10.8. The van der Waals surface area contributed by atoms with Gasteiger partial charge in [-0.15, -0.1) is 17.8 Å². The Morgan fingerprint density at radius 3 is 2.69 bits per heavy atom. The highest BCUT2D eigenvalue weighted by molar-refractivity contribution is 7.15. The van der Waals surface area contributed by atoms with Crippen molar-refractivity contribution in [2.45, 2.75) is 12.3 Å². The van der Waals surface area contributed by atoms with Crippen LogP contribution >= 0.6 is 11.3 Å². The molecule has 4 rings (SSSR count). The van der Waals surface area contributed by atoms with Gasteiger partial charge < -0.3 is 19.9 Å². The van der Waals surface area contributed by atoms with Gasteiger partial charge in [-0.25, -0.2) is 9.18 Å². The standard InChI is InChI=1S/C24H18FNO5S/c1-3-10-31-18-11-14(6-9-17(18)30-2)16-12-19(27)26-21-20(13-4-7-15(25)8-5-13)23(24(28)29)32-22(16)21/h1,4-9,11,16H,10,12H2,2H3,(H,26,27)(H,28,29)/t16-/m0/s1. The summed E-state index contributed by atoms with van der Waals surface area (Å²) in [4.78, 5) is 25.4. The van der Waals surface area contributed by atoms with E-state index in [1.165, 1.54) is 31.4 Å². The van der Waals surface area contributed by atoms with Gasteiger partial charge in [0.15, 0.2) is 11.5 Å². The molecule has 1 atom stereocenters. The zero-order chi connectivity index (χ0) is 22.8. The number of anilines is 1. The van der Waals surface area contributed by atoms with Crippen LogP contribution in [0.1, 0.15) is 32.5 Å². The number of amides is 1. The molecule has 32 heavy (non-hydrogen) atoms. The minimum Gasteiger partial charge on any atom is -0.493 e. The zero-order valence-corrected chi connectivity index (χ0v) is 17.8. The number of ether oxygens (including phenoxy) is 2. The van der Waals surface area contributed by atoms with Crippen LogP contribution in [0.15, 0.2) is 42.5 Å². The molecule has 0 spiro atoms. The molecule has 8 heteroatoms. The van der Waals surface area contributed by atoms with Crippen LogP contribution in [0, 0.1) is 18.2 Å². The van der Waals surface area contributed by atoms with E-state index in [-0.39, 0.29) is 23.8 Å². The maximum Gasteiger partial charge on any atom is 0.346 e. The van der Waals surface area contributed by atoms with Gasteiger partial charge in [0.25, 0.3) is 0 Å². The number of fused-ring (bicyclic) bond motifs is 1. The number of carboxylic acid groups (broad SMARTS) is 1. The molecule has 0 saturated heterocycles. The van der Waals surface area contributed by atoms with E-state index >= 15 is 0 Å². The van der Waals surface area contributed by atoms with Crippen LogP contribution in [0.2, 0.25) is 0 Å². The predicted molar refractivity (Wildman–Crippen MR) is 119 cm³/mol. The first-order valence-electron chi connectivity index (χ1n) is 9.63. The summed E-state index contributed by atoms with van der Waals surface area (Å²) in [5.74, 6) is 1.13. The van der Waals surface area contributed by atoms with Crippen LogP contribution < -0.4 is 14.8 Å². The van der Waals surface area contributed by atoms with Crippen LogP contribution in [0.5, 0.6) is 11.5 Å². The van der Waals surface area contributed by atoms with E-state index in [2.05, 4.69) is 11.2 Å². The summed E-state index contributed by atoms with van der Waals surface area (Å²) in [5, 5.41) is 12.7. The molecule has 0 bridgehead atoms. The van der Waals surface area contributed by atoms with Crippen molar-refractivity contribution < 1.29 is 28.6 Å². The first kappa shape index (κ1) is 21.4. The van der Waals surface area contributed by atoms with Gasteiger partial charge in [-0.3, -0.25) is 4.79 Å². The molecule has 0 fully saturated rings. The molecule has 1 amide bonds. The molecule has 0 radical (unpaired) electrons. The second kappa shape index (κ2) is 8.73. The summed E-state index contributed by atoms with van der Waals surface area (Å²) >= 11 is 1.10. The number of halogens is 1. The third kappa shape index (κ3) is 3.90. The Kier molecular flexibility index (Phi) is 5.84. The van der Waals surface area contributed by atoms with Crippen molar-refractivity contribution in [2.24, 2.45) is 0 Å². The minimum absolute atomic E-state index is 0.0487. The van der Waals surface area contributed by atoms with Gasteiger partial charge in [0.05, 0.1) is 12.8 Å². The topological polar surface area (TPSA) is 84.9 Å². The highest BCUT2D eigenvalue weighted by Gasteiger charge is 2.34. The van der Waals surface area contributed by atoms with E-state index in [9.17, 15) is 19.1 Å². The van der Waals surface area contributed by atoms with E-state index < -0.39 is 17.7 Å². The third-order valence-corrected chi connectivity index (χ3v) is 6.43. The summed E-state index contributed by atoms with van der Waals surface area (Å²) in [6.07, 6.45) is 5.43. The summed E-state index contributed by atoms with van der Waals surface area (Å²) < 4.78 is 24.3. The molecule has 2 aromatic carbocycles. The number of thiophene rings is 1. The fourth-order valence-electron chi connectivity index (χ4n) is 3.74. The summed E-state index contributed by atoms with van der Waals surface area (Å²) in [6.45, 7) is 0.0487. The molecule has 6 nitrogen and oxygen atoms in total. The first-order chi connectivity index (χ1) is 15.4. The van der Waals surface area contributed by atoms with Crippen molar-refractivity contribution in [3.05, 3.63) is 63.6 Å². The Morgan fingerprint density at radius 2 is 2.03 bits per heavy atom. The largest absolute Gasteiger partial charge is 0.493 e. The molecular weight excluding hydrogens is 433 g/mol. The number of carbonyl (C=O) groups is 2. The lowest BCUT2D eigenvalue weighted by Crippen LogP contribution is -2.22. The molecule has 1 aliphatic heterocycles. The fourth-order valence-corrected chi connectivity index (χ4v) is 4.99. The number of hydrogen-bond donors (Lipinski definition) is 2. The van der Waals surface area contributed by atoms with Crippen molar-refractivity contribution in [1.29, 1.82) is 0 Å². The Hall–Kier alpha value is -3.83. The van der Waals surface area contributed by atoms with E-state index in [0.717, 1.165) is 16.9 Å². The molecule has 1 aliphatic rings. The second-order valence-corrected chi connectivity index (χ2v) is 8.12. The van der Waals surface area contributed by atoms with Gasteiger partial charge in [-0.1, -0.05) is 24.1 Å². The number of benzene rings is 2. The molecule has 0 unspecified atom stereocenters. The normalized spacial score (nSPS) is 14.8. The average molecular weight is 451 g/mol. The Morgan fingerprint density at radius 1 is 1.28 bits per heavy atom. The van der Waals surface area contributed by atoms with Crippen LogP contribution in [0.25, 0.3) is 11.1 Å². The highest BCUT2D eigenvalue weighted by atomic mass is 32.1. The van der Waals surface area contributed by atoms with Crippen LogP contribution in [-0.4, -0.2) is 30.7 Å². The number of hydrogen-bond acceptors (Lipinski definition) is 5. The molecule has 1 aromatic heterocycles. The van der Waals surface area contributed by atoms with E-state index in [1.54, 1.807) is 12.1 Å². The van der Waals surface area contributed by atoms with Crippen molar-refractivity contribution in [3.8, 4) is 35.0 Å². The van der Waals surface area contributed by atoms with Gasteiger partial charge in [-0.05, 0) is 35.4 Å². The maximum absolute atomic E-state index is 13.4. The van der Waals surface area contributed by atoms with E-state index in [1.807, 2.05) is 6.07 Å². The lowest BCUT2D eigenvalue weighted by atomic mass is 9.88. The van der Waals surface area contributed by atoms with Crippen molar-refractivity contribution in [2.75, 3.05) is 19.0 Å². The number of carboxylic acids is 1. The van der Waals surface area contributed by atoms with Gasteiger partial charge >= 0.3 is 5.97 Å². The van der Waals surface area contributed by atoms with Gasteiger partial charge in [0.1, 0.15) is 17.3 Å². The molecular formula is C24H18FNO5S. The average Bonchev–Trinajstić information content (AvgIpc) is 3.17. The number of rotatable bonds is 6. The summed E-state index contributed by atoms with van der Waals surface area (Å²) in [7, 11) is 1.51.